The first kappa shape index (κ1) is 20.2. The molecule has 2 heterocycles. The smallest absolute Gasteiger partial charge is 0.343 e. The van der Waals surface area contributed by atoms with E-state index < -0.39 is 17.1 Å². The summed E-state index contributed by atoms with van der Waals surface area (Å²) in [6.45, 7) is 9.75. The summed E-state index contributed by atoms with van der Waals surface area (Å²) in [5, 5.41) is 3.20. The molecule has 1 fully saturated rings. The summed E-state index contributed by atoms with van der Waals surface area (Å²) >= 11 is 0. The Morgan fingerprint density at radius 3 is 2.65 bits per heavy atom. The van der Waals surface area contributed by atoms with Crippen molar-refractivity contribution in [3.63, 3.8) is 0 Å². The van der Waals surface area contributed by atoms with Crippen molar-refractivity contribution in [2.24, 2.45) is 0 Å². The highest BCUT2D eigenvalue weighted by Crippen LogP contribution is 2.26. The van der Waals surface area contributed by atoms with Crippen LogP contribution in [0.25, 0.3) is 0 Å². The molecule has 1 aliphatic rings. The van der Waals surface area contributed by atoms with Crippen LogP contribution in [0.3, 0.4) is 0 Å². The molecule has 0 unspecified atom stereocenters. The largest absolute Gasteiger partial charge is 0.474 e. The van der Waals surface area contributed by atoms with Gasteiger partial charge in [0, 0.05) is 6.20 Å². The highest BCUT2D eigenvalue weighted by molar-refractivity contribution is 5.92. The van der Waals surface area contributed by atoms with E-state index in [0.29, 0.717) is 13.0 Å². The van der Waals surface area contributed by atoms with Crippen LogP contribution in [0.1, 0.15) is 57.8 Å². The van der Waals surface area contributed by atoms with Crippen LogP contribution in [0.2, 0.25) is 0 Å². The molecule has 1 atom stereocenters. The van der Waals surface area contributed by atoms with Gasteiger partial charge in [-0.2, -0.15) is 0 Å². The van der Waals surface area contributed by atoms with Crippen LogP contribution < -0.4 is 10.1 Å². The monoisotopic (exact) mass is 364 g/mol. The fraction of sp³-hybridized carbons (Fsp3) is 0.632. The molecule has 0 radical (unpaired) electrons. The van der Waals surface area contributed by atoms with E-state index in [-0.39, 0.29) is 30.1 Å². The molecule has 0 amide bonds. The topological polar surface area (TPSA) is 86.8 Å². The minimum atomic E-state index is -0.940. The summed E-state index contributed by atoms with van der Waals surface area (Å²) in [6, 6.07) is 3.23. The van der Waals surface area contributed by atoms with Crippen molar-refractivity contribution in [1.82, 2.24) is 10.3 Å². The molecule has 0 aromatic carbocycles. The lowest BCUT2D eigenvalue weighted by Crippen LogP contribution is -2.54. The summed E-state index contributed by atoms with van der Waals surface area (Å²) in [7, 11) is 0. The van der Waals surface area contributed by atoms with Gasteiger partial charge in [0.25, 0.3) is 0 Å². The van der Waals surface area contributed by atoms with Crippen LogP contribution in [0, 0.1) is 0 Å². The van der Waals surface area contributed by atoms with Gasteiger partial charge in [0.1, 0.15) is 17.8 Å². The fourth-order valence-electron chi connectivity index (χ4n) is 2.67. The quantitative estimate of drug-likeness (QED) is 0.776. The molecule has 0 saturated carbocycles. The Kier molecular flexibility index (Phi) is 6.23. The summed E-state index contributed by atoms with van der Waals surface area (Å²) in [5.41, 5.74) is -1.30. The van der Waals surface area contributed by atoms with Gasteiger partial charge in [-0.15, -0.1) is 0 Å². The lowest BCUT2D eigenvalue weighted by atomic mass is 9.98. The Labute approximate surface area is 154 Å². The molecule has 7 nitrogen and oxygen atoms in total. The van der Waals surface area contributed by atoms with E-state index in [1.165, 1.54) is 6.20 Å². The number of pyridine rings is 1. The zero-order valence-electron chi connectivity index (χ0n) is 16.1. The number of hydrogen-bond donors (Lipinski definition) is 1. The molecule has 2 rings (SSSR count). The van der Waals surface area contributed by atoms with Gasteiger partial charge in [-0.3, -0.25) is 5.32 Å². The van der Waals surface area contributed by atoms with Crippen molar-refractivity contribution < 1.29 is 23.8 Å². The van der Waals surface area contributed by atoms with Crippen LogP contribution in [-0.2, 0) is 14.3 Å². The molecule has 0 bridgehead atoms. The Morgan fingerprint density at radius 1 is 1.35 bits per heavy atom. The predicted octanol–water partition coefficient (Wildman–Crippen LogP) is 2.49. The maximum Gasteiger partial charge on any atom is 0.343 e. The normalized spacial score (nSPS) is 20.1. The first-order valence-corrected chi connectivity index (χ1v) is 8.90. The maximum atomic E-state index is 12.7. The van der Waals surface area contributed by atoms with Gasteiger partial charge in [-0.05, 0) is 66.1 Å². The average molecular weight is 364 g/mol. The molecule has 1 aromatic rings. The third-order valence-electron chi connectivity index (χ3n) is 3.82. The lowest BCUT2D eigenvalue weighted by Gasteiger charge is -2.31. The van der Waals surface area contributed by atoms with Gasteiger partial charge < -0.3 is 14.2 Å². The molecule has 144 valence electrons. The van der Waals surface area contributed by atoms with Gasteiger partial charge in [-0.25, -0.2) is 14.6 Å². The van der Waals surface area contributed by atoms with Gasteiger partial charge in [0.2, 0.25) is 5.88 Å². The van der Waals surface area contributed by atoms with Crippen molar-refractivity contribution in [2.45, 2.75) is 64.7 Å². The molecular formula is C19H28N2O5. The lowest BCUT2D eigenvalue weighted by molar-refractivity contribution is -0.164. The Balaban J connectivity index is 2.15. The van der Waals surface area contributed by atoms with Gasteiger partial charge >= 0.3 is 11.9 Å². The number of rotatable bonds is 6. The van der Waals surface area contributed by atoms with Gasteiger partial charge in [-0.1, -0.05) is 0 Å². The van der Waals surface area contributed by atoms with Gasteiger partial charge in [0.15, 0.2) is 5.54 Å². The van der Waals surface area contributed by atoms with E-state index >= 15 is 0 Å². The summed E-state index contributed by atoms with van der Waals surface area (Å²) in [6.07, 6.45) is 2.72. The summed E-state index contributed by atoms with van der Waals surface area (Å²) in [5.74, 6) is -0.715. The zero-order chi connectivity index (χ0) is 19.4. The fourth-order valence-corrected chi connectivity index (χ4v) is 2.67. The van der Waals surface area contributed by atoms with Crippen LogP contribution in [0.15, 0.2) is 18.3 Å². The van der Waals surface area contributed by atoms with Crippen molar-refractivity contribution in [1.29, 1.82) is 0 Å². The molecule has 1 aromatic heterocycles. The van der Waals surface area contributed by atoms with E-state index in [1.807, 2.05) is 20.8 Å². The van der Waals surface area contributed by atoms with E-state index in [0.717, 1.165) is 6.42 Å². The van der Waals surface area contributed by atoms with Crippen LogP contribution >= 0.6 is 0 Å². The summed E-state index contributed by atoms with van der Waals surface area (Å²) in [4.78, 5) is 29.0. The standard InChI is InChI=1S/C19H28N2O5/c1-13(2)25-16(22)14-8-6-10-20-15(14)24-12-19(9-7-11-21-19)17(23)26-18(3,4)5/h6,8,10,13,21H,7,9,11-12H2,1-5H3/t19-/m0/s1. The van der Waals surface area contributed by atoms with E-state index in [9.17, 15) is 9.59 Å². The molecule has 26 heavy (non-hydrogen) atoms. The first-order valence-electron chi connectivity index (χ1n) is 8.90. The number of nitrogens with zero attached hydrogens (tertiary/aromatic N) is 1. The Bertz CT molecular complexity index is 646. The SMILES string of the molecule is CC(C)OC(=O)c1cccnc1OC[C@]1(C(=O)OC(C)(C)C)CCCN1. The van der Waals surface area contributed by atoms with Crippen molar-refractivity contribution in [3.05, 3.63) is 23.9 Å². The average Bonchev–Trinajstić information content (AvgIpc) is 3.01. The zero-order valence-corrected chi connectivity index (χ0v) is 16.1. The number of ether oxygens (including phenoxy) is 3. The predicted molar refractivity (Wildman–Crippen MR) is 96.1 cm³/mol. The number of hydrogen-bond acceptors (Lipinski definition) is 7. The maximum absolute atomic E-state index is 12.7. The van der Waals surface area contributed by atoms with E-state index in [2.05, 4.69) is 10.3 Å². The molecule has 7 heteroatoms. The number of carbonyl (C=O) groups excluding carboxylic acids is 2. The second-order valence-electron chi connectivity index (χ2n) is 7.71. The Morgan fingerprint density at radius 2 is 2.08 bits per heavy atom. The molecular weight excluding hydrogens is 336 g/mol. The number of esters is 2. The molecule has 1 N–H and O–H groups in total. The molecule has 0 aliphatic carbocycles. The highest BCUT2D eigenvalue weighted by Gasteiger charge is 2.45. The third kappa shape index (κ3) is 5.17. The van der Waals surface area contributed by atoms with E-state index in [4.69, 9.17) is 14.2 Å². The van der Waals surface area contributed by atoms with Crippen LogP contribution in [0.4, 0.5) is 0 Å². The third-order valence-corrected chi connectivity index (χ3v) is 3.82. The highest BCUT2D eigenvalue weighted by atomic mass is 16.6. The van der Waals surface area contributed by atoms with Gasteiger partial charge in [0.05, 0.1) is 6.10 Å². The van der Waals surface area contributed by atoms with E-state index in [1.54, 1.807) is 26.0 Å². The van der Waals surface area contributed by atoms with Crippen LogP contribution in [0.5, 0.6) is 5.88 Å². The molecule has 1 saturated heterocycles. The van der Waals surface area contributed by atoms with Crippen LogP contribution in [-0.4, -0.2) is 47.3 Å². The second-order valence-corrected chi connectivity index (χ2v) is 7.71. The number of aromatic nitrogens is 1. The number of carbonyl (C=O) groups is 2. The Hall–Kier alpha value is -2.15. The first-order chi connectivity index (χ1) is 12.1. The minimum Gasteiger partial charge on any atom is -0.474 e. The van der Waals surface area contributed by atoms with Crippen molar-refractivity contribution in [2.75, 3.05) is 13.2 Å². The summed E-state index contributed by atoms with van der Waals surface area (Å²) < 4.78 is 16.6. The second kappa shape index (κ2) is 8.03. The molecule has 1 aliphatic heterocycles. The number of nitrogens with one attached hydrogen (secondary N) is 1. The minimum absolute atomic E-state index is 0.0287. The van der Waals surface area contributed by atoms with Crippen molar-refractivity contribution in [3.8, 4) is 5.88 Å². The van der Waals surface area contributed by atoms with Crippen molar-refractivity contribution >= 4 is 11.9 Å². The molecule has 0 spiro atoms.